The van der Waals surface area contributed by atoms with Crippen LogP contribution in [-0.2, 0) is 0 Å². The van der Waals surface area contributed by atoms with Gasteiger partial charge in [-0.25, -0.2) is 4.39 Å². The van der Waals surface area contributed by atoms with Gasteiger partial charge in [0.15, 0.2) is 0 Å². The summed E-state index contributed by atoms with van der Waals surface area (Å²) in [7, 11) is 0. The molecule has 1 aromatic carbocycles. The van der Waals surface area contributed by atoms with Crippen molar-refractivity contribution < 1.29 is 9.31 Å². The highest BCUT2D eigenvalue weighted by Crippen LogP contribution is 2.20. The van der Waals surface area contributed by atoms with Crippen LogP contribution >= 0.6 is 0 Å². The lowest BCUT2D eigenvalue weighted by Gasteiger charge is -2.12. The highest BCUT2D eigenvalue weighted by atomic mass is 19.1. The summed E-state index contributed by atoms with van der Waals surface area (Å²) in [5.41, 5.74) is 0.232. The van der Waals surface area contributed by atoms with Gasteiger partial charge in [-0.3, -0.25) is 10.1 Å². The van der Waals surface area contributed by atoms with E-state index in [0.717, 1.165) is 18.9 Å². The average Bonchev–Trinajstić information content (AvgIpc) is 2.26. The molecule has 0 aliphatic rings. The first-order valence-electron chi connectivity index (χ1n) is 5.71. The molecule has 0 bridgehead atoms. The second-order valence-electron chi connectivity index (χ2n) is 4.23. The summed E-state index contributed by atoms with van der Waals surface area (Å²) in [6, 6.07) is 3.54. The van der Waals surface area contributed by atoms with Crippen LogP contribution in [0.1, 0.15) is 26.7 Å². The lowest BCUT2D eigenvalue weighted by Crippen LogP contribution is -2.11. The third-order valence-corrected chi connectivity index (χ3v) is 2.53. The fraction of sp³-hybridized carbons (Fsp3) is 0.500. The van der Waals surface area contributed by atoms with Gasteiger partial charge < -0.3 is 5.32 Å². The van der Waals surface area contributed by atoms with Gasteiger partial charge in [0.1, 0.15) is 5.82 Å². The minimum absolute atomic E-state index is 0.226. The van der Waals surface area contributed by atoms with Crippen LogP contribution < -0.4 is 5.32 Å². The Morgan fingerprint density at radius 3 is 2.76 bits per heavy atom. The minimum Gasteiger partial charge on any atom is -0.384 e. The molecule has 0 aliphatic carbocycles. The fourth-order valence-electron chi connectivity index (χ4n) is 1.67. The number of benzene rings is 1. The maximum atomic E-state index is 13.1. The highest BCUT2D eigenvalue weighted by molar-refractivity contribution is 5.51. The van der Waals surface area contributed by atoms with E-state index in [4.69, 9.17) is 0 Å². The van der Waals surface area contributed by atoms with E-state index in [0.29, 0.717) is 18.2 Å². The number of nitrogens with zero attached hydrogens (tertiary/aromatic N) is 1. The van der Waals surface area contributed by atoms with Gasteiger partial charge in [0.2, 0.25) is 0 Å². The van der Waals surface area contributed by atoms with Crippen LogP contribution in [0.15, 0.2) is 18.2 Å². The Labute approximate surface area is 100.0 Å². The zero-order chi connectivity index (χ0) is 12.8. The molecule has 0 aromatic heterocycles. The Hall–Kier alpha value is -1.65. The van der Waals surface area contributed by atoms with Crippen molar-refractivity contribution in [2.24, 2.45) is 5.92 Å². The molecule has 1 aromatic rings. The monoisotopic (exact) mass is 240 g/mol. The van der Waals surface area contributed by atoms with Gasteiger partial charge in [0.25, 0.3) is 5.69 Å². The minimum atomic E-state index is -0.594. The van der Waals surface area contributed by atoms with Gasteiger partial charge in [-0.1, -0.05) is 20.3 Å². The number of anilines is 1. The zero-order valence-corrected chi connectivity index (χ0v) is 10.1. The van der Waals surface area contributed by atoms with Crippen molar-refractivity contribution >= 4 is 11.4 Å². The van der Waals surface area contributed by atoms with Crippen LogP contribution in [0.2, 0.25) is 0 Å². The fourth-order valence-corrected chi connectivity index (χ4v) is 1.67. The molecule has 94 valence electrons. The van der Waals surface area contributed by atoms with E-state index in [1.807, 2.05) is 0 Å². The van der Waals surface area contributed by atoms with Gasteiger partial charge in [-0.15, -0.1) is 0 Å². The lowest BCUT2D eigenvalue weighted by molar-refractivity contribution is -0.385. The van der Waals surface area contributed by atoms with Crippen LogP contribution in [0.5, 0.6) is 0 Å². The molecule has 17 heavy (non-hydrogen) atoms. The molecule has 0 spiro atoms. The molecular formula is C12H17FN2O2. The van der Waals surface area contributed by atoms with Crippen LogP contribution in [0.4, 0.5) is 15.8 Å². The summed E-state index contributed by atoms with van der Waals surface area (Å²) in [6.07, 6.45) is 2.16. The molecule has 0 saturated heterocycles. The Morgan fingerprint density at radius 1 is 1.47 bits per heavy atom. The number of hydrogen-bond donors (Lipinski definition) is 1. The Morgan fingerprint density at radius 2 is 2.18 bits per heavy atom. The Balaban J connectivity index is 2.68. The molecular weight excluding hydrogens is 223 g/mol. The molecule has 0 amide bonds. The highest BCUT2D eigenvalue weighted by Gasteiger charge is 2.10. The van der Waals surface area contributed by atoms with Gasteiger partial charge in [-0.05, 0) is 18.4 Å². The van der Waals surface area contributed by atoms with Crippen molar-refractivity contribution in [3.8, 4) is 0 Å². The van der Waals surface area contributed by atoms with Crippen LogP contribution in [0, 0.1) is 21.8 Å². The van der Waals surface area contributed by atoms with Crippen molar-refractivity contribution in [1.29, 1.82) is 0 Å². The number of non-ortho nitro benzene ring substituents is 1. The Kier molecular flexibility index (Phi) is 4.87. The molecule has 0 heterocycles. The predicted molar refractivity (Wildman–Crippen MR) is 65.6 cm³/mol. The van der Waals surface area contributed by atoms with Gasteiger partial charge in [-0.2, -0.15) is 0 Å². The summed E-state index contributed by atoms with van der Waals surface area (Å²) >= 11 is 0. The molecule has 0 saturated carbocycles. The normalized spacial score (nSPS) is 12.2. The summed E-state index contributed by atoms with van der Waals surface area (Å²) in [6.45, 7) is 4.88. The molecule has 1 unspecified atom stereocenters. The SMILES string of the molecule is CCCC(C)CNc1cc(F)cc([N+](=O)[O-])c1. The van der Waals surface area contributed by atoms with E-state index in [9.17, 15) is 14.5 Å². The third-order valence-electron chi connectivity index (χ3n) is 2.53. The number of hydrogen-bond acceptors (Lipinski definition) is 3. The number of nitrogens with one attached hydrogen (secondary N) is 1. The smallest absolute Gasteiger partial charge is 0.274 e. The molecule has 0 aliphatic heterocycles. The Bertz CT molecular complexity index is 396. The first kappa shape index (κ1) is 13.4. The van der Waals surface area contributed by atoms with Crippen molar-refractivity contribution in [3.63, 3.8) is 0 Å². The lowest BCUT2D eigenvalue weighted by atomic mass is 10.1. The van der Waals surface area contributed by atoms with Crippen molar-refractivity contribution in [2.45, 2.75) is 26.7 Å². The molecule has 4 nitrogen and oxygen atoms in total. The maximum Gasteiger partial charge on any atom is 0.274 e. The summed E-state index contributed by atoms with van der Waals surface area (Å²) in [5.74, 6) is -0.132. The first-order valence-corrected chi connectivity index (χ1v) is 5.71. The van der Waals surface area contributed by atoms with Crippen molar-refractivity contribution in [3.05, 3.63) is 34.1 Å². The van der Waals surface area contributed by atoms with Crippen LogP contribution in [0.25, 0.3) is 0 Å². The number of rotatable bonds is 6. The summed E-state index contributed by atoms with van der Waals surface area (Å²) in [4.78, 5) is 9.96. The van der Waals surface area contributed by atoms with E-state index in [-0.39, 0.29) is 5.69 Å². The van der Waals surface area contributed by atoms with E-state index < -0.39 is 10.7 Å². The van der Waals surface area contributed by atoms with E-state index in [2.05, 4.69) is 19.2 Å². The largest absolute Gasteiger partial charge is 0.384 e. The quantitative estimate of drug-likeness (QED) is 0.610. The standard InChI is InChI=1S/C12H17FN2O2/c1-3-4-9(2)8-14-11-5-10(13)6-12(7-11)15(16)17/h5-7,9,14H,3-4,8H2,1-2H3. The van der Waals surface area contributed by atoms with Crippen molar-refractivity contribution in [1.82, 2.24) is 0 Å². The molecule has 1 N–H and O–H groups in total. The number of nitro groups is 1. The second-order valence-corrected chi connectivity index (χ2v) is 4.23. The number of nitro benzene ring substituents is 1. The van der Waals surface area contributed by atoms with E-state index in [1.165, 1.54) is 12.1 Å². The number of halogens is 1. The molecule has 0 radical (unpaired) electrons. The van der Waals surface area contributed by atoms with Crippen LogP contribution in [0.3, 0.4) is 0 Å². The van der Waals surface area contributed by atoms with Gasteiger partial charge in [0, 0.05) is 18.3 Å². The van der Waals surface area contributed by atoms with E-state index in [1.54, 1.807) is 0 Å². The molecule has 5 heteroatoms. The van der Waals surface area contributed by atoms with Gasteiger partial charge in [0.05, 0.1) is 11.0 Å². The first-order chi connectivity index (χ1) is 8.02. The third kappa shape index (κ3) is 4.38. The summed E-state index contributed by atoms with van der Waals surface area (Å²) in [5, 5.41) is 13.6. The van der Waals surface area contributed by atoms with E-state index >= 15 is 0 Å². The summed E-state index contributed by atoms with van der Waals surface area (Å²) < 4.78 is 13.1. The molecule has 0 fully saturated rings. The van der Waals surface area contributed by atoms with Crippen molar-refractivity contribution in [2.75, 3.05) is 11.9 Å². The second kappa shape index (κ2) is 6.18. The van der Waals surface area contributed by atoms with Crippen LogP contribution in [-0.4, -0.2) is 11.5 Å². The zero-order valence-electron chi connectivity index (χ0n) is 10.1. The average molecular weight is 240 g/mol. The molecule has 1 rings (SSSR count). The molecule has 1 atom stereocenters. The topological polar surface area (TPSA) is 55.2 Å². The maximum absolute atomic E-state index is 13.1. The predicted octanol–water partition coefficient (Wildman–Crippen LogP) is 3.58. The van der Waals surface area contributed by atoms with Gasteiger partial charge >= 0.3 is 0 Å².